The molecule has 0 N–H and O–H groups in total. The Kier molecular flexibility index (Phi) is 9.97. The molecule has 0 bridgehead atoms. The Bertz CT molecular complexity index is 1460. The zero-order chi connectivity index (χ0) is 25.8. The lowest BCUT2D eigenvalue weighted by molar-refractivity contribution is -0.104. The van der Waals surface area contributed by atoms with E-state index in [1.165, 1.54) is 38.3 Å². The number of carbonyl (C=O) groups excluding carboxylic acids is 1. The molecule has 0 radical (unpaired) electrons. The number of allylic oxidation sites excluding steroid dienone is 15. The van der Waals surface area contributed by atoms with E-state index in [2.05, 4.69) is 105 Å². The van der Waals surface area contributed by atoms with Gasteiger partial charge in [0.25, 0.3) is 0 Å². The average molecular weight is 471 g/mol. The fraction of sp³-hybridized carbons (Fsp3) is 0.114. The number of hydrogen-bond acceptors (Lipinski definition) is 1. The van der Waals surface area contributed by atoms with Gasteiger partial charge in [-0.25, -0.2) is 0 Å². The number of hydrogen-bond donors (Lipinski definition) is 0. The van der Waals surface area contributed by atoms with Crippen LogP contribution < -0.4 is 0 Å². The van der Waals surface area contributed by atoms with Crippen molar-refractivity contribution >= 4 is 33.9 Å². The number of carbonyl (C=O) groups is 1. The Balaban J connectivity index is 1.58. The van der Waals surface area contributed by atoms with Crippen molar-refractivity contribution < 1.29 is 4.79 Å². The summed E-state index contributed by atoms with van der Waals surface area (Å²) in [5.74, 6) is 0. The van der Waals surface area contributed by atoms with Crippen molar-refractivity contribution in [3.8, 4) is 0 Å². The standard InChI is InChI=1S/C35H34O/c1-27(11-5-6-12-28(2)14-10-16-30(4)26-36)13-9-15-29(3)19-20-31-21-22-34-24-32-17-7-8-18-33(32)25-35(34)23-31/h5-26H,1-4H3/b6-5+,13-9+,14-10+,20-19+,27-11+,28-12+,29-15+,30-16+. The molecular formula is C35H34O. The SMILES string of the molecule is C\C(C=O)=C/C=C/C(C)=C/C=C/C=C(C)/C=C/C=C(C)/C=C/c1ccc2cc3ccccc3cc2c1. The number of fused-ring (bicyclic) bond motifs is 2. The Hall–Kier alpha value is -4.23. The van der Waals surface area contributed by atoms with Gasteiger partial charge in [-0.3, -0.25) is 4.79 Å². The van der Waals surface area contributed by atoms with Gasteiger partial charge in [0.15, 0.2) is 0 Å². The largest absolute Gasteiger partial charge is 0.298 e. The first-order chi connectivity index (χ1) is 17.4. The van der Waals surface area contributed by atoms with Gasteiger partial charge in [0, 0.05) is 0 Å². The first kappa shape index (κ1) is 26.4. The van der Waals surface area contributed by atoms with Crippen LogP contribution in [-0.4, -0.2) is 6.29 Å². The second kappa shape index (κ2) is 13.6. The van der Waals surface area contributed by atoms with Crippen LogP contribution in [0.3, 0.4) is 0 Å². The van der Waals surface area contributed by atoms with Crippen LogP contribution in [0.15, 0.2) is 144 Å². The monoisotopic (exact) mass is 470 g/mol. The van der Waals surface area contributed by atoms with E-state index in [1.807, 2.05) is 37.3 Å². The van der Waals surface area contributed by atoms with E-state index >= 15 is 0 Å². The Morgan fingerprint density at radius 3 is 1.64 bits per heavy atom. The van der Waals surface area contributed by atoms with E-state index in [4.69, 9.17) is 0 Å². The summed E-state index contributed by atoms with van der Waals surface area (Å²) in [6.07, 6.45) is 25.3. The molecule has 0 saturated heterocycles. The first-order valence-corrected chi connectivity index (χ1v) is 12.2. The Morgan fingerprint density at radius 2 is 1.03 bits per heavy atom. The van der Waals surface area contributed by atoms with Gasteiger partial charge in [0.05, 0.1) is 0 Å². The predicted molar refractivity (Wildman–Crippen MR) is 159 cm³/mol. The fourth-order valence-corrected chi connectivity index (χ4v) is 3.61. The van der Waals surface area contributed by atoms with Crippen LogP contribution in [0.2, 0.25) is 0 Å². The van der Waals surface area contributed by atoms with Crippen LogP contribution in [0.4, 0.5) is 0 Å². The molecule has 0 amide bonds. The van der Waals surface area contributed by atoms with Crippen LogP contribution in [0.25, 0.3) is 27.6 Å². The van der Waals surface area contributed by atoms with Crippen molar-refractivity contribution in [1.29, 1.82) is 0 Å². The molecule has 0 heterocycles. The highest BCUT2D eigenvalue weighted by molar-refractivity contribution is 5.98. The van der Waals surface area contributed by atoms with E-state index in [-0.39, 0.29) is 0 Å². The minimum absolute atomic E-state index is 0.710. The summed E-state index contributed by atoms with van der Waals surface area (Å²) in [6, 6.07) is 19.6. The Morgan fingerprint density at radius 1 is 0.528 bits per heavy atom. The van der Waals surface area contributed by atoms with Crippen LogP contribution in [-0.2, 0) is 4.79 Å². The Labute approximate surface area is 215 Å². The fourth-order valence-electron chi connectivity index (χ4n) is 3.61. The topological polar surface area (TPSA) is 17.1 Å². The molecule has 0 aliphatic carbocycles. The van der Waals surface area contributed by atoms with E-state index in [0.29, 0.717) is 5.57 Å². The maximum absolute atomic E-state index is 10.6. The average Bonchev–Trinajstić information content (AvgIpc) is 2.88. The smallest absolute Gasteiger partial charge is 0.145 e. The molecule has 0 aliphatic heterocycles. The van der Waals surface area contributed by atoms with Crippen LogP contribution in [0.1, 0.15) is 33.3 Å². The van der Waals surface area contributed by atoms with Crippen LogP contribution in [0.5, 0.6) is 0 Å². The summed E-state index contributed by atoms with van der Waals surface area (Å²) in [7, 11) is 0. The zero-order valence-corrected chi connectivity index (χ0v) is 21.6. The van der Waals surface area contributed by atoms with E-state index in [0.717, 1.165) is 11.9 Å². The van der Waals surface area contributed by atoms with E-state index in [9.17, 15) is 4.79 Å². The summed E-state index contributed by atoms with van der Waals surface area (Å²) in [5.41, 5.74) is 5.39. The van der Waals surface area contributed by atoms with Crippen molar-refractivity contribution in [2.24, 2.45) is 0 Å². The molecular weight excluding hydrogens is 436 g/mol. The van der Waals surface area contributed by atoms with Gasteiger partial charge in [-0.05, 0) is 78.6 Å². The van der Waals surface area contributed by atoms with Gasteiger partial charge < -0.3 is 0 Å². The molecule has 3 aromatic rings. The first-order valence-electron chi connectivity index (χ1n) is 12.2. The van der Waals surface area contributed by atoms with Gasteiger partial charge in [0.1, 0.15) is 6.29 Å². The molecule has 0 atom stereocenters. The molecule has 36 heavy (non-hydrogen) atoms. The molecule has 3 rings (SSSR count). The van der Waals surface area contributed by atoms with E-state index < -0.39 is 0 Å². The van der Waals surface area contributed by atoms with Gasteiger partial charge in [-0.1, -0.05) is 126 Å². The lowest BCUT2D eigenvalue weighted by Gasteiger charge is -2.03. The van der Waals surface area contributed by atoms with Gasteiger partial charge in [-0.2, -0.15) is 0 Å². The van der Waals surface area contributed by atoms with Crippen LogP contribution in [0, 0.1) is 0 Å². The van der Waals surface area contributed by atoms with Crippen LogP contribution >= 0.6 is 0 Å². The molecule has 0 fully saturated rings. The minimum atomic E-state index is 0.710. The van der Waals surface area contributed by atoms with Crippen molar-refractivity contribution in [3.05, 3.63) is 149 Å². The maximum Gasteiger partial charge on any atom is 0.145 e. The summed E-state index contributed by atoms with van der Waals surface area (Å²) >= 11 is 0. The molecule has 0 spiro atoms. The van der Waals surface area contributed by atoms with Gasteiger partial charge in [-0.15, -0.1) is 0 Å². The summed E-state index contributed by atoms with van der Waals surface area (Å²) in [6.45, 7) is 8.02. The molecule has 1 nitrogen and oxygen atoms in total. The molecule has 3 aromatic carbocycles. The van der Waals surface area contributed by atoms with Crippen molar-refractivity contribution in [1.82, 2.24) is 0 Å². The third kappa shape index (κ3) is 8.52. The summed E-state index contributed by atoms with van der Waals surface area (Å²) < 4.78 is 0. The quantitative estimate of drug-likeness (QED) is 0.132. The van der Waals surface area contributed by atoms with Crippen molar-refractivity contribution in [3.63, 3.8) is 0 Å². The highest BCUT2D eigenvalue weighted by Crippen LogP contribution is 2.24. The van der Waals surface area contributed by atoms with Gasteiger partial charge >= 0.3 is 0 Å². The second-order valence-electron chi connectivity index (χ2n) is 9.00. The second-order valence-corrected chi connectivity index (χ2v) is 9.00. The highest BCUT2D eigenvalue weighted by atomic mass is 16.1. The molecule has 1 heteroatoms. The zero-order valence-electron chi connectivity index (χ0n) is 21.6. The minimum Gasteiger partial charge on any atom is -0.298 e. The lowest BCUT2D eigenvalue weighted by Crippen LogP contribution is -1.78. The van der Waals surface area contributed by atoms with Crippen molar-refractivity contribution in [2.75, 3.05) is 0 Å². The number of aldehydes is 1. The van der Waals surface area contributed by atoms with Crippen molar-refractivity contribution in [2.45, 2.75) is 27.7 Å². The summed E-state index contributed by atoms with van der Waals surface area (Å²) in [5, 5.41) is 5.07. The number of rotatable bonds is 9. The molecule has 0 saturated carbocycles. The third-order valence-electron chi connectivity index (χ3n) is 5.72. The number of benzene rings is 3. The normalized spacial score (nSPS) is 14.4. The predicted octanol–water partition coefficient (Wildman–Crippen LogP) is 9.66. The highest BCUT2D eigenvalue weighted by Gasteiger charge is 1.98. The summed E-state index contributed by atoms with van der Waals surface area (Å²) in [4.78, 5) is 10.6. The lowest BCUT2D eigenvalue weighted by atomic mass is 10.0. The third-order valence-corrected chi connectivity index (χ3v) is 5.72. The van der Waals surface area contributed by atoms with Gasteiger partial charge in [0.2, 0.25) is 0 Å². The molecule has 0 aromatic heterocycles. The molecule has 0 unspecified atom stereocenters. The van der Waals surface area contributed by atoms with E-state index in [1.54, 1.807) is 13.0 Å². The maximum atomic E-state index is 10.6. The molecule has 0 aliphatic rings. The molecule has 180 valence electrons.